The van der Waals surface area contributed by atoms with Crippen LogP contribution < -0.4 is 4.74 Å². The molecule has 168 valence electrons. The first-order valence-electron chi connectivity index (χ1n) is 11.9. The maximum atomic E-state index is 12.0. The molecular weight excluding hydrogens is 396 g/mol. The Morgan fingerprint density at radius 2 is 1.90 bits per heavy atom. The number of ether oxygens (including phenoxy) is 1. The predicted molar refractivity (Wildman–Crippen MR) is 125 cm³/mol. The lowest BCUT2D eigenvalue weighted by atomic mass is 9.79. The number of benzene rings is 1. The standard InChI is InChI=1S/C25H38N2O2.ClH/c1-26(2)25(28)29-24-13-8-12-20-21-16-18-27(23(21)15-14-22(20)24)17-7-6-11-19-9-4-3-5-10-19;/h8,12-13,19,21,23H,3-7,9-11,14-18H2,1-2H3;1H/t21-,23+;/m0./s1. The van der Waals surface area contributed by atoms with Gasteiger partial charge in [0.15, 0.2) is 0 Å². The molecule has 30 heavy (non-hydrogen) atoms. The molecule has 0 radical (unpaired) electrons. The SMILES string of the molecule is CN(C)C(=O)Oc1cccc2c1CC[C@@H]1[C@H]2CCN1CCCCC1CCCCC1.Cl. The summed E-state index contributed by atoms with van der Waals surface area (Å²) in [5.74, 6) is 2.39. The van der Waals surface area contributed by atoms with E-state index < -0.39 is 0 Å². The third kappa shape index (κ3) is 5.31. The smallest absolute Gasteiger partial charge is 0.410 e. The van der Waals surface area contributed by atoms with E-state index in [0.29, 0.717) is 12.0 Å². The van der Waals surface area contributed by atoms with Gasteiger partial charge in [-0.2, -0.15) is 0 Å². The first-order valence-corrected chi connectivity index (χ1v) is 11.9. The van der Waals surface area contributed by atoms with E-state index >= 15 is 0 Å². The molecule has 1 aliphatic heterocycles. The average Bonchev–Trinajstić information content (AvgIpc) is 3.15. The van der Waals surface area contributed by atoms with Crippen molar-refractivity contribution in [1.82, 2.24) is 9.80 Å². The second-order valence-corrected chi connectivity index (χ2v) is 9.62. The fraction of sp³-hybridized carbons (Fsp3) is 0.720. The molecule has 4 nitrogen and oxygen atoms in total. The van der Waals surface area contributed by atoms with Crippen molar-refractivity contribution in [3.8, 4) is 5.75 Å². The lowest BCUT2D eigenvalue weighted by Gasteiger charge is -2.34. The molecule has 3 aliphatic rings. The summed E-state index contributed by atoms with van der Waals surface area (Å²) >= 11 is 0. The number of fused-ring (bicyclic) bond motifs is 3. The third-order valence-electron chi connectivity index (χ3n) is 7.51. The van der Waals surface area contributed by atoms with Crippen LogP contribution in [0.15, 0.2) is 18.2 Å². The summed E-state index contributed by atoms with van der Waals surface area (Å²) in [5, 5.41) is 0. The highest BCUT2D eigenvalue weighted by molar-refractivity contribution is 5.85. The highest BCUT2D eigenvalue weighted by Crippen LogP contribution is 2.44. The molecule has 1 aromatic carbocycles. The van der Waals surface area contributed by atoms with E-state index in [4.69, 9.17) is 4.74 Å². The molecule has 2 fully saturated rings. The lowest BCUT2D eigenvalue weighted by Crippen LogP contribution is -2.36. The molecular formula is C25H39ClN2O2. The topological polar surface area (TPSA) is 32.8 Å². The second-order valence-electron chi connectivity index (χ2n) is 9.62. The number of hydrogen-bond acceptors (Lipinski definition) is 3. The Morgan fingerprint density at radius 1 is 1.10 bits per heavy atom. The van der Waals surface area contributed by atoms with Crippen molar-refractivity contribution in [3.05, 3.63) is 29.3 Å². The number of hydrogen-bond donors (Lipinski definition) is 0. The number of rotatable bonds is 6. The van der Waals surface area contributed by atoms with E-state index in [1.54, 1.807) is 14.1 Å². The summed E-state index contributed by atoms with van der Waals surface area (Å²) < 4.78 is 5.66. The quantitative estimate of drug-likeness (QED) is 0.513. The first kappa shape index (κ1) is 23.4. The summed E-state index contributed by atoms with van der Waals surface area (Å²) in [4.78, 5) is 16.3. The van der Waals surface area contributed by atoms with Gasteiger partial charge < -0.3 is 9.64 Å². The molecule has 0 spiro atoms. The van der Waals surface area contributed by atoms with Crippen molar-refractivity contribution < 1.29 is 9.53 Å². The molecule has 2 atom stereocenters. The molecule has 1 saturated heterocycles. The van der Waals surface area contributed by atoms with Crippen molar-refractivity contribution in [3.63, 3.8) is 0 Å². The van der Waals surface area contributed by atoms with Gasteiger partial charge in [-0.25, -0.2) is 4.79 Å². The Morgan fingerprint density at radius 3 is 2.67 bits per heavy atom. The van der Waals surface area contributed by atoms with Gasteiger partial charge in [-0.3, -0.25) is 4.90 Å². The van der Waals surface area contributed by atoms with E-state index in [-0.39, 0.29) is 18.5 Å². The van der Waals surface area contributed by atoms with Crippen LogP contribution in [0.1, 0.15) is 81.3 Å². The number of unbranched alkanes of at least 4 members (excludes halogenated alkanes) is 1. The molecule has 2 aliphatic carbocycles. The number of amides is 1. The summed E-state index contributed by atoms with van der Waals surface area (Å²) in [6, 6.07) is 6.97. The van der Waals surface area contributed by atoms with Gasteiger partial charge in [-0.1, -0.05) is 57.1 Å². The van der Waals surface area contributed by atoms with Crippen molar-refractivity contribution in [2.45, 2.75) is 82.6 Å². The van der Waals surface area contributed by atoms with Crippen LogP contribution in [0.4, 0.5) is 4.79 Å². The number of carbonyl (C=O) groups is 1. The van der Waals surface area contributed by atoms with Crippen LogP contribution in [-0.2, 0) is 6.42 Å². The van der Waals surface area contributed by atoms with E-state index in [2.05, 4.69) is 17.0 Å². The van der Waals surface area contributed by atoms with Crippen molar-refractivity contribution in [2.24, 2.45) is 5.92 Å². The van der Waals surface area contributed by atoms with E-state index in [9.17, 15) is 4.79 Å². The van der Waals surface area contributed by atoms with Crippen molar-refractivity contribution in [1.29, 1.82) is 0 Å². The zero-order chi connectivity index (χ0) is 20.2. The van der Waals surface area contributed by atoms with Gasteiger partial charge in [-0.15, -0.1) is 12.4 Å². The molecule has 1 amide bonds. The molecule has 4 rings (SSSR count). The Balaban J connectivity index is 0.00000256. The van der Waals surface area contributed by atoms with Crippen molar-refractivity contribution >= 4 is 18.5 Å². The molecule has 0 bridgehead atoms. The van der Waals surface area contributed by atoms with Gasteiger partial charge in [0.25, 0.3) is 0 Å². The average molecular weight is 435 g/mol. The van der Waals surface area contributed by atoms with E-state index in [0.717, 1.165) is 18.1 Å². The Hall–Kier alpha value is -1.26. The van der Waals surface area contributed by atoms with Gasteiger partial charge in [0, 0.05) is 26.1 Å². The van der Waals surface area contributed by atoms with Gasteiger partial charge in [-0.05, 0) is 61.9 Å². The molecule has 1 aromatic rings. The van der Waals surface area contributed by atoms with Gasteiger partial charge in [0.1, 0.15) is 5.75 Å². The highest BCUT2D eigenvalue weighted by atomic mass is 35.5. The van der Waals surface area contributed by atoms with Crippen LogP contribution in [0.5, 0.6) is 5.75 Å². The van der Waals surface area contributed by atoms with E-state index in [1.807, 2.05) is 6.07 Å². The Bertz CT molecular complexity index is 702. The third-order valence-corrected chi connectivity index (χ3v) is 7.51. The van der Waals surface area contributed by atoms with Crippen LogP contribution in [-0.4, -0.2) is 49.1 Å². The zero-order valence-corrected chi connectivity index (χ0v) is 19.6. The first-order chi connectivity index (χ1) is 14.1. The predicted octanol–water partition coefficient (Wildman–Crippen LogP) is 6.02. The largest absolute Gasteiger partial charge is 0.414 e. The van der Waals surface area contributed by atoms with Crippen LogP contribution in [0.25, 0.3) is 0 Å². The Kier molecular flexibility index (Phi) is 8.47. The lowest BCUT2D eigenvalue weighted by molar-refractivity contribution is 0.170. The van der Waals surface area contributed by atoms with Gasteiger partial charge in [0.2, 0.25) is 0 Å². The minimum atomic E-state index is -0.286. The number of likely N-dealkylation sites (tertiary alicyclic amines) is 1. The second kappa shape index (κ2) is 10.9. The zero-order valence-electron chi connectivity index (χ0n) is 18.8. The monoisotopic (exact) mass is 434 g/mol. The minimum Gasteiger partial charge on any atom is -0.410 e. The number of halogens is 1. The van der Waals surface area contributed by atoms with Crippen LogP contribution in [0.3, 0.4) is 0 Å². The highest BCUT2D eigenvalue weighted by Gasteiger charge is 2.39. The summed E-state index contributed by atoms with van der Waals surface area (Å²) in [6.45, 7) is 2.48. The van der Waals surface area contributed by atoms with Crippen LogP contribution in [0.2, 0.25) is 0 Å². The maximum absolute atomic E-state index is 12.0. The van der Waals surface area contributed by atoms with Gasteiger partial charge in [0.05, 0.1) is 0 Å². The van der Waals surface area contributed by atoms with Crippen molar-refractivity contribution in [2.75, 3.05) is 27.2 Å². The fourth-order valence-corrected chi connectivity index (χ4v) is 5.94. The van der Waals surface area contributed by atoms with Crippen LogP contribution >= 0.6 is 12.4 Å². The van der Waals surface area contributed by atoms with Gasteiger partial charge >= 0.3 is 6.09 Å². The fourth-order valence-electron chi connectivity index (χ4n) is 5.94. The summed E-state index contributed by atoms with van der Waals surface area (Å²) in [7, 11) is 3.47. The number of nitrogens with zero attached hydrogens (tertiary/aromatic N) is 2. The minimum absolute atomic E-state index is 0. The van der Waals surface area contributed by atoms with E-state index in [1.165, 1.54) is 93.3 Å². The maximum Gasteiger partial charge on any atom is 0.414 e. The molecule has 0 N–H and O–H groups in total. The normalized spacial score (nSPS) is 23.9. The molecule has 0 unspecified atom stereocenters. The molecule has 0 aromatic heterocycles. The summed E-state index contributed by atoms with van der Waals surface area (Å²) in [5.41, 5.74) is 2.69. The number of carbonyl (C=O) groups excluding carboxylic acids is 1. The van der Waals surface area contributed by atoms with Crippen LogP contribution in [0, 0.1) is 5.92 Å². The molecule has 1 saturated carbocycles. The summed E-state index contributed by atoms with van der Waals surface area (Å²) in [6.07, 6.45) is 14.7. The Labute approximate surface area is 188 Å². The molecule has 5 heteroatoms. The molecule has 1 heterocycles.